The van der Waals surface area contributed by atoms with Crippen molar-refractivity contribution in [2.45, 2.75) is 57.3 Å². The average molecular weight is 243 g/mol. The third kappa shape index (κ3) is 3.40. The van der Waals surface area contributed by atoms with Crippen LogP contribution < -0.4 is 11.5 Å². The van der Waals surface area contributed by atoms with E-state index in [1.54, 1.807) is 6.92 Å². The van der Waals surface area contributed by atoms with Crippen LogP contribution in [-0.4, -0.2) is 48.2 Å². The zero-order valence-corrected chi connectivity index (χ0v) is 11.3. The number of hydrogen-bond donors (Lipinski definition) is 2. The number of primary amides is 1. The first-order chi connectivity index (χ1) is 7.75. The molecule has 1 amide bonds. The van der Waals surface area contributed by atoms with Crippen molar-refractivity contribution < 1.29 is 9.53 Å². The lowest BCUT2D eigenvalue weighted by Crippen LogP contribution is -2.54. The third-order valence-corrected chi connectivity index (χ3v) is 3.84. The van der Waals surface area contributed by atoms with Crippen molar-refractivity contribution in [2.24, 2.45) is 11.5 Å². The van der Waals surface area contributed by atoms with Crippen LogP contribution in [0.25, 0.3) is 0 Å². The van der Waals surface area contributed by atoms with Crippen molar-refractivity contribution in [3.8, 4) is 0 Å². The lowest BCUT2D eigenvalue weighted by Gasteiger charge is -2.35. The van der Waals surface area contributed by atoms with E-state index >= 15 is 0 Å². The van der Waals surface area contributed by atoms with E-state index in [1.165, 1.54) is 0 Å². The fourth-order valence-corrected chi connectivity index (χ4v) is 2.44. The predicted octanol–water partition coefficient (Wildman–Crippen LogP) is 0.0769. The molecule has 1 heterocycles. The number of nitrogens with two attached hydrogens (primary N) is 2. The molecule has 1 fully saturated rings. The van der Waals surface area contributed by atoms with E-state index in [-0.39, 0.29) is 12.1 Å². The highest BCUT2D eigenvalue weighted by Gasteiger charge is 2.34. The van der Waals surface area contributed by atoms with E-state index in [4.69, 9.17) is 16.2 Å². The summed E-state index contributed by atoms with van der Waals surface area (Å²) in [5, 5.41) is 0. The Morgan fingerprint density at radius 2 is 2.24 bits per heavy atom. The van der Waals surface area contributed by atoms with Crippen LogP contribution in [0.2, 0.25) is 0 Å². The normalized spacial score (nSPS) is 30.2. The molecular formula is C12H25N3O2. The van der Waals surface area contributed by atoms with Gasteiger partial charge in [0.25, 0.3) is 0 Å². The number of amides is 1. The summed E-state index contributed by atoms with van der Waals surface area (Å²) in [4.78, 5) is 13.5. The van der Waals surface area contributed by atoms with Crippen LogP contribution >= 0.6 is 0 Å². The Balaban J connectivity index is 2.58. The Morgan fingerprint density at radius 1 is 1.65 bits per heavy atom. The van der Waals surface area contributed by atoms with Gasteiger partial charge in [-0.1, -0.05) is 0 Å². The molecule has 0 aromatic carbocycles. The monoisotopic (exact) mass is 243 g/mol. The van der Waals surface area contributed by atoms with Gasteiger partial charge in [-0.3, -0.25) is 9.69 Å². The van der Waals surface area contributed by atoms with Gasteiger partial charge in [-0.05, 0) is 40.7 Å². The van der Waals surface area contributed by atoms with Crippen molar-refractivity contribution in [2.75, 3.05) is 13.7 Å². The van der Waals surface area contributed by atoms with Gasteiger partial charge in [0.05, 0.1) is 11.6 Å². The second kappa shape index (κ2) is 5.33. The second-order valence-electron chi connectivity index (χ2n) is 5.43. The van der Waals surface area contributed by atoms with Crippen molar-refractivity contribution in [3.63, 3.8) is 0 Å². The van der Waals surface area contributed by atoms with E-state index < -0.39 is 11.4 Å². The first-order valence-electron chi connectivity index (χ1n) is 6.18. The zero-order chi connectivity index (χ0) is 13.2. The minimum absolute atomic E-state index is 0.201. The first kappa shape index (κ1) is 14.4. The van der Waals surface area contributed by atoms with Gasteiger partial charge in [0.15, 0.2) is 0 Å². The fraction of sp³-hybridized carbons (Fsp3) is 0.917. The van der Waals surface area contributed by atoms with Gasteiger partial charge >= 0.3 is 0 Å². The van der Waals surface area contributed by atoms with Gasteiger partial charge in [-0.15, -0.1) is 0 Å². The summed E-state index contributed by atoms with van der Waals surface area (Å²) in [5.74, 6) is -0.450. The first-order valence-corrected chi connectivity index (χ1v) is 6.18. The quantitative estimate of drug-likeness (QED) is 0.716. The molecule has 1 aliphatic rings. The summed E-state index contributed by atoms with van der Waals surface area (Å²) in [7, 11) is 2.05. The lowest BCUT2D eigenvalue weighted by atomic mass is 9.92. The fourth-order valence-electron chi connectivity index (χ4n) is 2.44. The zero-order valence-electron chi connectivity index (χ0n) is 11.3. The van der Waals surface area contributed by atoms with E-state index in [1.807, 2.05) is 0 Å². The molecule has 5 nitrogen and oxygen atoms in total. The molecule has 0 aliphatic carbocycles. The molecule has 0 aromatic heterocycles. The van der Waals surface area contributed by atoms with Gasteiger partial charge in [-0.25, -0.2) is 0 Å². The van der Waals surface area contributed by atoms with Gasteiger partial charge in [-0.2, -0.15) is 0 Å². The van der Waals surface area contributed by atoms with Crippen LogP contribution in [0.5, 0.6) is 0 Å². The summed E-state index contributed by atoms with van der Waals surface area (Å²) < 4.78 is 5.55. The molecule has 0 spiro atoms. The Kier molecular flexibility index (Phi) is 4.52. The van der Waals surface area contributed by atoms with E-state index in [9.17, 15) is 4.79 Å². The van der Waals surface area contributed by atoms with Crippen LogP contribution in [0.1, 0.15) is 33.6 Å². The Labute approximate surface area is 103 Å². The van der Waals surface area contributed by atoms with Crippen LogP contribution in [0.3, 0.4) is 0 Å². The minimum Gasteiger partial charge on any atom is -0.377 e. The highest BCUT2D eigenvalue weighted by atomic mass is 16.5. The maximum absolute atomic E-state index is 11.2. The largest absolute Gasteiger partial charge is 0.377 e. The Morgan fingerprint density at radius 3 is 2.65 bits per heavy atom. The predicted molar refractivity (Wildman–Crippen MR) is 67.4 cm³/mol. The standard InChI is InChI=1S/C12H25N3O2/c1-8(7-12(3,14)11(13)16)15(4)10-5-6-17-9(10)2/h8-10H,5-7,14H2,1-4H3,(H2,13,16). The molecule has 0 saturated carbocycles. The van der Waals surface area contributed by atoms with Crippen LogP contribution in [-0.2, 0) is 9.53 Å². The van der Waals surface area contributed by atoms with E-state index in [2.05, 4.69) is 25.8 Å². The molecule has 1 rings (SSSR count). The molecule has 100 valence electrons. The van der Waals surface area contributed by atoms with E-state index in [0.717, 1.165) is 13.0 Å². The van der Waals surface area contributed by atoms with Crippen molar-refractivity contribution in [1.29, 1.82) is 0 Å². The second-order valence-corrected chi connectivity index (χ2v) is 5.43. The van der Waals surface area contributed by atoms with Gasteiger partial charge in [0.1, 0.15) is 0 Å². The Hall–Kier alpha value is -0.650. The van der Waals surface area contributed by atoms with Crippen LogP contribution in [0.15, 0.2) is 0 Å². The molecule has 0 bridgehead atoms. The molecule has 1 saturated heterocycles. The summed E-state index contributed by atoms with van der Waals surface area (Å²) in [6, 6.07) is 0.598. The van der Waals surface area contributed by atoms with Crippen molar-refractivity contribution in [3.05, 3.63) is 0 Å². The Bertz CT molecular complexity index is 281. The minimum atomic E-state index is -0.948. The number of nitrogens with zero attached hydrogens (tertiary/aromatic N) is 1. The molecule has 4 atom stereocenters. The molecule has 1 aliphatic heterocycles. The van der Waals surface area contributed by atoms with E-state index in [0.29, 0.717) is 12.5 Å². The van der Waals surface area contributed by atoms with Crippen LogP contribution in [0, 0.1) is 0 Å². The number of ether oxygens (including phenoxy) is 1. The van der Waals surface area contributed by atoms with Crippen LogP contribution in [0.4, 0.5) is 0 Å². The highest BCUT2D eigenvalue weighted by molar-refractivity contribution is 5.83. The van der Waals surface area contributed by atoms with Gasteiger partial charge in [0, 0.05) is 18.7 Å². The summed E-state index contributed by atoms with van der Waals surface area (Å²) in [5.41, 5.74) is 10.2. The number of rotatable bonds is 5. The topological polar surface area (TPSA) is 81.6 Å². The lowest BCUT2D eigenvalue weighted by molar-refractivity contribution is -0.123. The number of carbonyl (C=O) groups excluding carboxylic acids is 1. The summed E-state index contributed by atoms with van der Waals surface area (Å²) >= 11 is 0. The number of carbonyl (C=O) groups is 1. The average Bonchev–Trinajstić information content (AvgIpc) is 2.62. The summed E-state index contributed by atoms with van der Waals surface area (Å²) in [6.07, 6.45) is 1.82. The molecule has 5 heteroatoms. The maximum Gasteiger partial charge on any atom is 0.237 e. The summed E-state index contributed by atoms with van der Waals surface area (Å²) in [6.45, 7) is 6.64. The molecule has 0 radical (unpaired) electrons. The van der Waals surface area contributed by atoms with Crippen molar-refractivity contribution >= 4 is 5.91 Å². The molecule has 4 N–H and O–H groups in total. The molecule has 17 heavy (non-hydrogen) atoms. The highest BCUT2D eigenvalue weighted by Crippen LogP contribution is 2.23. The molecule has 0 aromatic rings. The number of hydrogen-bond acceptors (Lipinski definition) is 4. The number of likely N-dealkylation sites (N-methyl/N-ethyl adjacent to an activating group) is 1. The third-order valence-electron chi connectivity index (χ3n) is 3.84. The van der Waals surface area contributed by atoms with Gasteiger partial charge < -0.3 is 16.2 Å². The molecule has 4 unspecified atom stereocenters. The SMILES string of the molecule is CC1OCCC1N(C)C(C)CC(C)(N)C(N)=O. The smallest absolute Gasteiger partial charge is 0.237 e. The van der Waals surface area contributed by atoms with Crippen molar-refractivity contribution in [1.82, 2.24) is 4.90 Å². The molecular weight excluding hydrogens is 218 g/mol. The maximum atomic E-state index is 11.2. The van der Waals surface area contributed by atoms with Gasteiger partial charge in [0.2, 0.25) is 5.91 Å².